The molecule has 0 aliphatic carbocycles. The lowest BCUT2D eigenvalue weighted by Gasteiger charge is -2.40. The molecule has 1 fully saturated rings. The monoisotopic (exact) mass is 172 g/mol. The van der Waals surface area contributed by atoms with E-state index in [1.54, 1.807) is 7.11 Å². The van der Waals surface area contributed by atoms with Crippen LogP contribution in [0.4, 0.5) is 0 Å². The lowest BCUT2D eigenvalue weighted by Crippen LogP contribution is -2.42. The minimum Gasteiger partial charge on any atom is -0.356 e. The Balaban J connectivity index is 2.55. The molecule has 0 saturated carbocycles. The Morgan fingerprint density at radius 2 is 2.25 bits per heavy atom. The molecule has 1 saturated heterocycles. The molecule has 0 spiro atoms. The van der Waals surface area contributed by atoms with Crippen LogP contribution in [0.1, 0.15) is 40.0 Å². The van der Waals surface area contributed by atoms with Crippen molar-refractivity contribution in [1.82, 2.24) is 0 Å². The van der Waals surface area contributed by atoms with Crippen molar-refractivity contribution < 1.29 is 9.47 Å². The van der Waals surface area contributed by atoms with E-state index in [1.165, 1.54) is 6.42 Å². The van der Waals surface area contributed by atoms with Gasteiger partial charge < -0.3 is 9.47 Å². The normalized spacial score (nSPS) is 43.0. The van der Waals surface area contributed by atoms with E-state index in [4.69, 9.17) is 9.47 Å². The van der Waals surface area contributed by atoms with Gasteiger partial charge in [-0.3, -0.25) is 0 Å². The fourth-order valence-corrected chi connectivity index (χ4v) is 1.67. The summed E-state index contributed by atoms with van der Waals surface area (Å²) in [7, 11) is 1.72. The van der Waals surface area contributed by atoms with E-state index < -0.39 is 0 Å². The quantitative estimate of drug-likeness (QED) is 0.637. The fourth-order valence-electron chi connectivity index (χ4n) is 1.67. The van der Waals surface area contributed by atoms with Gasteiger partial charge in [0, 0.05) is 13.0 Å². The third-order valence-electron chi connectivity index (χ3n) is 2.97. The van der Waals surface area contributed by atoms with Crippen molar-refractivity contribution in [2.24, 2.45) is 5.92 Å². The van der Waals surface area contributed by atoms with Gasteiger partial charge in [-0.05, 0) is 26.2 Å². The molecule has 0 aromatic heterocycles. The van der Waals surface area contributed by atoms with Crippen molar-refractivity contribution in [3.05, 3.63) is 0 Å². The van der Waals surface area contributed by atoms with Crippen molar-refractivity contribution in [3.8, 4) is 0 Å². The average Bonchev–Trinajstić information content (AvgIpc) is 2.10. The molecule has 12 heavy (non-hydrogen) atoms. The second-order valence-corrected chi connectivity index (χ2v) is 4.04. The molecular formula is C10H20O2. The van der Waals surface area contributed by atoms with E-state index >= 15 is 0 Å². The summed E-state index contributed by atoms with van der Waals surface area (Å²) in [6.07, 6.45) is 3.44. The molecule has 0 N–H and O–H groups in total. The molecule has 0 amide bonds. The van der Waals surface area contributed by atoms with E-state index in [0.717, 1.165) is 12.8 Å². The highest BCUT2D eigenvalue weighted by molar-refractivity contribution is 4.80. The summed E-state index contributed by atoms with van der Waals surface area (Å²) in [6, 6.07) is 0. The number of rotatable bonds is 2. The van der Waals surface area contributed by atoms with Crippen molar-refractivity contribution in [2.75, 3.05) is 7.11 Å². The van der Waals surface area contributed by atoms with Crippen LogP contribution in [-0.4, -0.2) is 19.0 Å². The van der Waals surface area contributed by atoms with Crippen LogP contribution in [-0.2, 0) is 9.47 Å². The summed E-state index contributed by atoms with van der Waals surface area (Å²) in [4.78, 5) is 0. The summed E-state index contributed by atoms with van der Waals surface area (Å²) in [5, 5.41) is 0. The standard InChI is InChI=1S/C10H20O2/c1-5-10(3)7-6-8(2)9(11-4)12-10/h8-9H,5-7H2,1-4H3. The summed E-state index contributed by atoms with van der Waals surface area (Å²) >= 11 is 0. The minimum atomic E-state index is 0.00343. The van der Waals surface area contributed by atoms with E-state index in [-0.39, 0.29) is 11.9 Å². The molecule has 3 atom stereocenters. The summed E-state index contributed by atoms with van der Waals surface area (Å²) in [5.74, 6) is 0.537. The predicted octanol–water partition coefficient (Wildman–Crippen LogP) is 2.57. The van der Waals surface area contributed by atoms with Crippen LogP contribution < -0.4 is 0 Å². The van der Waals surface area contributed by atoms with Gasteiger partial charge in [-0.2, -0.15) is 0 Å². The zero-order valence-corrected chi connectivity index (χ0v) is 8.59. The van der Waals surface area contributed by atoms with Crippen LogP contribution in [0.2, 0.25) is 0 Å². The van der Waals surface area contributed by atoms with Crippen molar-refractivity contribution >= 4 is 0 Å². The molecule has 1 aliphatic rings. The van der Waals surface area contributed by atoms with Gasteiger partial charge in [0.1, 0.15) is 0 Å². The second kappa shape index (κ2) is 3.75. The molecule has 1 heterocycles. The first-order chi connectivity index (χ1) is 5.61. The highest BCUT2D eigenvalue weighted by Gasteiger charge is 2.35. The Labute approximate surface area is 75.2 Å². The van der Waals surface area contributed by atoms with Gasteiger partial charge in [-0.1, -0.05) is 13.8 Å². The SMILES string of the molecule is CCC1(C)CCC(C)C(OC)O1. The predicted molar refractivity (Wildman–Crippen MR) is 49.0 cm³/mol. The molecule has 0 radical (unpaired) electrons. The van der Waals surface area contributed by atoms with E-state index in [2.05, 4.69) is 20.8 Å². The Morgan fingerprint density at radius 1 is 1.58 bits per heavy atom. The van der Waals surface area contributed by atoms with Crippen molar-refractivity contribution in [1.29, 1.82) is 0 Å². The highest BCUT2D eigenvalue weighted by atomic mass is 16.7. The van der Waals surface area contributed by atoms with Crippen molar-refractivity contribution in [3.63, 3.8) is 0 Å². The number of hydrogen-bond acceptors (Lipinski definition) is 2. The van der Waals surface area contributed by atoms with Gasteiger partial charge in [0.15, 0.2) is 6.29 Å². The van der Waals surface area contributed by atoms with E-state index in [9.17, 15) is 0 Å². The maximum Gasteiger partial charge on any atom is 0.160 e. The third kappa shape index (κ3) is 1.99. The zero-order valence-electron chi connectivity index (χ0n) is 8.59. The second-order valence-electron chi connectivity index (χ2n) is 4.04. The van der Waals surface area contributed by atoms with Gasteiger partial charge in [-0.25, -0.2) is 0 Å². The van der Waals surface area contributed by atoms with Gasteiger partial charge in [0.2, 0.25) is 0 Å². The van der Waals surface area contributed by atoms with Gasteiger partial charge in [0.05, 0.1) is 5.60 Å². The molecule has 2 heteroatoms. The Morgan fingerprint density at radius 3 is 2.75 bits per heavy atom. The summed E-state index contributed by atoms with van der Waals surface area (Å²) in [6.45, 7) is 6.52. The van der Waals surface area contributed by atoms with Gasteiger partial charge in [0.25, 0.3) is 0 Å². The van der Waals surface area contributed by atoms with Gasteiger partial charge >= 0.3 is 0 Å². The lowest BCUT2D eigenvalue weighted by molar-refractivity contribution is -0.243. The van der Waals surface area contributed by atoms with Gasteiger partial charge in [-0.15, -0.1) is 0 Å². The maximum absolute atomic E-state index is 5.86. The largest absolute Gasteiger partial charge is 0.356 e. The molecule has 1 rings (SSSR count). The van der Waals surface area contributed by atoms with E-state index in [1.807, 2.05) is 0 Å². The molecular weight excluding hydrogens is 152 g/mol. The summed E-state index contributed by atoms with van der Waals surface area (Å²) < 4.78 is 11.1. The number of ether oxygens (including phenoxy) is 2. The van der Waals surface area contributed by atoms with E-state index in [0.29, 0.717) is 5.92 Å². The van der Waals surface area contributed by atoms with Crippen molar-refractivity contribution in [2.45, 2.75) is 51.9 Å². The van der Waals surface area contributed by atoms with Crippen LogP contribution in [0.15, 0.2) is 0 Å². The lowest BCUT2D eigenvalue weighted by atomic mass is 9.88. The molecule has 0 aromatic rings. The number of hydrogen-bond donors (Lipinski definition) is 0. The van der Waals surface area contributed by atoms with Crippen LogP contribution in [0.3, 0.4) is 0 Å². The first-order valence-corrected chi connectivity index (χ1v) is 4.82. The van der Waals surface area contributed by atoms with Crippen LogP contribution >= 0.6 is 0 Å². The highest BCUT2D eigenvalue weighted by Crippen LogP contribution is 2.34. The first-order valence-electron chi connectivity index (χ1n) is 4.82. The van der Waals surface area contributed by atoms with Crippen LogP contribution in [0, 0.1) is 5.92 Å². The number of methoxy groups -OCH3 is 1. The molecule has 1 aliphatic heterocycles. The topological polar surface area (TPSA) is 18.5 Å². The Bertz CT molecular complexity index is 147. The minimum absolute atomic E-state index is 0.00343. The molecule has 3 unspecified atom stereocenters. The average molecular weight is 172 g/mol. The smallest absolute Gasteiger partial charge is 0.160 e. The first kappa shape index (κ1) is 10.0. The molecule has 0 aromatic carbocycles. The Hall–Kier alpha value is -0.0800. The third-order valence-corrected chi connectivity index (χ3v) is 2.97. The zero-order chi connectivity index (χ0) is 9.19. The maximum atomic E-state index is 5.86. The summed E-state index contributed by atoms with van der Waals surface area (Å²) in [5.41, 5.74) is 0.0488. The Kier molecular flexibility index (Phi) is 3.13. The fraction of sp³-hybridized carbons (Fsp3) is 1.00. The molecule has 2 nitrogen and oxygen atoms in total. The molecule has 72 valence electrons. The molecule has 0 bridgehead atoms. The van der Waals surface area contributed by atoms with Crippen LogP contribution in [0.5, 0.6) is 0 Å². The van der Waals surface area contributed by atoms with Crippen LogP contribution in [0.25, 0.3) is 0 Å².